The Balaban J connectivity index is 2.16. The summed E-state index contributed by atoms with van der Waals surface area (Å²) in [5.41, 5.74) is 0.365. The number of carbonyl (C=O) groups is 2. The quantitative estimate of drug-likeness (QED) is 0.641. The number of anilines is 1. The maximum atomic E-state index is 12.7. The van der Waals surface area contributed by atoms with Gasteiger partial charge in [0.1, 0.15) is 23.1 Å². The fourth-order valence-electron chi connectivity index (χ4n) is 2.18. The number of nitrogens with zero attached hydrogens (tertiary/aromatic N) is 2. The lowest BCUT2D eigenvalue weighted by Crippen LogP contribution is -2.38. The lowest BCUT2D eigenvalue weighted by Gasteiger charge is -2.21. The number of halogens is 4. The van der Waals surface area contributed by atoms with Crippen molar-refractivity contribution in [2.45, 2.75) is 6.92 Å². The van der Waals surface area contributed by atoms with Gasteiger partial charge in [0.05, 0.1) is 22.2 Å². The van der Waals surface area contributed by atoms with E-state index in [1.807, 2.05) is 0 Å². The molecule has 2 aromatic rings. The van der Waals surface area contributed by atoms with Gasteiger partial charge >= 0.3 is 0 Å². The number of rotatable bonds is 6. The van der Waals surface area contributed by atoms with E-state index in [1.54, 1.807) is 31.2 Å². The van der Waals surface area contributed by atoms with Gasteiger partial charge in [-0.05, 0) is 19.1 Å². The summed E-state index contributed by atoms with van der Waals surface area (Å²) in [5.74, 6) is -0.401. The number of benzene rings is 1. The summed E-state index contributed by atoms with van der Waals surface area (Å²) in [6, 6.07) is 6.85. The second kappa shape index (κ2) is 9.46. The Hall–Kier alpha value is -1.73. The molecule has 0 unspecified atom stereocenters. The molecule has 0 radical (unpaired) electrons. The van der Waals surface area contributed by atoms with E-state index in [1.165, 1.54) is 12.0 Å². The van der Waals surface area contributed by atoms with Crippen molar-refractivity contribution >= 4 is 63.9 Å². The highest BCUT2D eigenvalue weighted by atomic mass is 35.5. The Morgan fingerprint density at radius 1 is 1.15 bits per heavy atom. The van der Waals surface area contributed by atoms with Crippen LogP contribution in [0.2, 0.25) is 20.2 Å². The maximum absolute atomic E-state index is 12.7. The average Bonchev–Trinajstić information content (AvgIpc) is 2.66. The fraction of sp³-hybridized carbons (Fsp3) is 0.235. The van der Waals surface area contributed by atoms with Gasteiger partial charge in [-0.25, -0.2) is 4.98 Å². The van der Waals surface area contributed by atoms with E-state index in [0.717, 1.165) is 0 Å². The molecular formula is C17H15Cl4N3O3. The number of methoxy groups -OCH3 is 1. The molecule has 0 fully saturated rings. The van der Waals surface area contributed by atoms with Gasteiger partial charge in [-0.1, -0.05) is 52.5 Å². The zero-order valence-electron chi connectivity index (χ0n) is 14.4. The molecule has 10 heteroatoms. The standard InChI is InChI=1S/C17H15Cl4N3O3/c1-3-24(8-11(25)22-9-5-4-6-10(7-9)27-2)17(26)15-13(19)12(18)14(20)16(21)23-15/h4-7H,3,8H2,1-2H3,(H,22,25). The van der Waals surface area contributed by atoms with E-state index in [-0.39, 0.29) is 39.0 Å². The van der Waals surface area contributed by atoms with Crippen LogP contribution in [0.15, 0.2) is 24.3 Å². The Labute approximate surface area is 176 Å². The molecule has 27 heavy (non-hydrogen) atoms. The van der Waals surface area contributed by atoms with Crippen LogP contribution in [-0.4, -0.2) is 41.9 Å². The van der Waals surface area contributed by atoms with Gasteiger partial charge in [0.25, 0.3) is 5.91 Å². The Kier molecular flexibility index (Phi) is 7.56. The van der Waals surface area contributed by atoms with Crippen LogP contribution in [0.3, 0.4) is 0 Å². The number of hydrogen-bond acceptors (Lipinski definition) is 4. The van der Waals surface area contributed by atoms with Crippen molar-refractivity contribution in [2.75, 3.05) is 25.5 Å². The first-order valence-corrected chi connectivity index (χ1v) is 9.22. The lowest BCUT2D eigenvalue weighted by atomic mass is 10.2. The molecule has 1 aromatic carbocycles. The van der Waals surface area contributed by atoms with Crippen molar-refractivity contribution < 1.29 is 14.3 Å². The van der Waals surface area contributed by atoms with Crippen molar-refractivity contribution in [2.24, 2.45) is 0 Å². The van der Waals surface area contributed by atoms with E-state index in [9.17, 15) is 9.59 Å². The van der Waals surface area contributed by atoms with Crippen LogP contribution in [0, 0.1) is 0 Å². The van der Waals surface area contributed by atoms with Gasteiger partial charge in [0.15, 0.2) is 0 Å². The molecule has 0 bridgehead atoms. The highest BCUT2D eigenvalue weighted by Crippen LogP contribution is 2.36. The highest BCUT2D eigenvalue weighted by Gasteiger charge is 2.25. The van der Waals surface area contributed by atoms with Crippen molar-refractivity contribution in [3.8, 4) is 5.75 Å². The largest absolute Gasteiger partial charge is 0.497 e. The number of likely N-dealkylation sites (N-methyl/N-ethyl adjacent to an activating group) is 1. The molecule has 0 aliphatic rings. The number of aromatic nitrogens is 1. The van der Waals surface area contributed by atoms with Crippen molar-refractivity contribution in [3.05, 3.63) is 50.2 Å². The second-order valence-corrected chi connectivity index (χ2v) is 6.78. The smallest absolute Gasteiger partial charge is 0.274 e. The van der Waals surface area contributed by atoms with Gasteiger partial charge in [-0.15, -0.1) is 0 Å². The van der Waals surface area contributed by atoms with Crippen LogP contribution in [0.5, 0.6) is 5.75 Å². The first kappa shape index (κ1) is 21.6. The predicted molar refractivity (Wildman–Crippen MR) is 107 cm³/mol. The zero-order valence-corrected chi connectivity index (χ0v) is 17.4. The minimum absolute atomic E-state index is 0.0429. The van der Waals surface area contributed by atoms with E-state index in [4.69, 9.17) is 51.1 Å². The SMILES string of the molecule is CCN(CC(=O)Nc1cccc(OC)c1)C(=O)c1nc(Cl)c(Cl)c(Cl)c1Cl. The maximum Gasteiger partial charge on any atom is 0.274 e. The summed E-state index contributed by atoms with van der Waals surface area (Å²) in [6.07, 6.45) is 0. The fourth-order valence-corrected chi connectivity index (χ4v) is 2.99. The lowest BCUT2D eigenvalue weighted by molar-refractivity contribution is -0.116. The first-order chi connectivity index (χ1) is 12.8. The van der Waals surface area contributed by atoms with E-state index in [2.05, 4.69) is 10.3 Å². The summed E-state index contributed by atoms with van der Waals surface area (Å²) >= 11 is 23.8. The van der Waals surface area contributed by atoms with Crippen LogP contribution in [0.4, 0.5) is 5.69 Å². The minimum Gasteiger partial charge on any atom is -0.497 e. The number of pyridine rings is 1. The first-order valence-electron chi connectivity index (χ1n) is 7.71. The molecule has 0 aliphatic carbocycles. The number of amides is 2. The molecule has 1 N–H and O–H groups in total. The summed E-state index contributed by atoms with van der Waals surface area (Å²) in [7, 11) is 1.53. The number of hydrogen-bond donors (Lipinski definition) is 1. The monoisotopic (exact) mass is 449 g/mol. The molecule has 144 valence electrons. The number of ether oxygens (including phenoxy) is 1. The molecule has 0 saturated carbocycles. The van der Waals surface area contributed by atoms with Gasteiger partial charge in [-0.2, -0.15) is 0 Å². The van der Waals surface area contributed by atoms with Gasteiger partial charge in [-0.3, -0.25) is 9.59 Å². The average molecular weight is 451 g/mol. The van der Waals surface area contributed by atoms with Crippen molar-refractivity contribution in [3.63, 3.8) is 0 Å². The Morgan fingerprint density at radius 3 is 2.48 bits per heavy atom. The summed E-state index contributed by atoms with van der Waals surface area (Å²) in [4.78, 5) is 30.2. The second-order valence-electron chi connectivity index (χ2n) is 5.29. The minimum atomic E-state index is -0.594. The predicted octanol–water partition coefficient (Wildman–Crippen LogP) is 4.80. The van der Waals surface area contributed by atoms with Crippen molar-refractivity contribution in [1.82, 2.24) is 9.88 Å². The van der Waals surface area contributed by atoms with E-state index < -0.39 is 11.8 Å². The van der Waals surface area contributed by atoms with Crippen LogP contribution < -0.4 is 10.1 Å². The summed E-state index contributed by atoms with van der Waals surface area (Å²) in [6.45, 7) is 1.73. The van der Waals surface area contributed by atoms with Crippen LogP contribution in [0.1, 0.15) is 17.4 Å². The summed E-state index contributed by atoms with van der Waals surface area (Å²) < 4.78 is 5.11. The third-order valence-electron chi connectivity index (χ3n) is 3.54. The summed E-state index contributed by atoms with van der Waals surface area (Å²) in [5, 5.41) is 2.31. The number of nitrogens with one attached hydrogen (secondary N) is 1. The van der Waals surface area contributed by atoms with Gasteiger partial charge in [0.2, 0.25) is 5.91 Å². The third-order valence-corrected chi connectivity index (χ3v) is 5.22. The molecule has 1 heterocycles. The number of carbonyl (C=O) groups excluding carboxylic acids is 2. The Bertz CT molecular complexity index is 877. The van der Waals surface area contributed by atoms with Crippen LogP contribution in [0.25, 0.3) is 0 Å². The molecule has 6 nitrogen and oxygen atoms in total. The molecule has 0 saturated heterocycles. The van der Waals surface area contributed by atoms with Crippen LogP contribution >= 0.6 is 46.4 Å². The normalized spacial score (nSPS) is 10.4. The molecule has 2 rings (SSSR count). The molecule has 1 aromatic heterocycles. The topological polar surface area (TPSA) is 71.5 Å². The Morgan fingerprint density at radius 2 is 1.85 bits per heavy atom. The zero-order chi connectivity index (χ0) is 20.1. The van der Waals surface area contributed by atoms with Crippen molar-refractivity contribution in [1.29, 1.82) is 0 Å². The van der Waals surface area contributed by atoms with Gasteiger partial charge < -0.3 is 15.0 Å². The molecule has 2 amide bonds. The van der Waals surface area contributed by atoms with E-state index >= 15 is 0 Å². The molecular weight excluding hydrogens is 436 g/mol. The van der Waals surface area contributed by atoms with Gasteiger partial charge in [0, 0.05) is 18.3 Å². The highest BCUT2D eigenvalue weighted by molar-refractivity contribution is 6.52. The third kappa shape index (κ3) is 5.17. The van der Waals surface area contributed by atoms with E-state index in [0.29, 0.717) is 11.4 Å². The molecule has 0 aliphatic heterocycles. The molecule has 0 atom stereocenters. The molecule has 0 spiro atoms. The van der Waals surface area contributed by atoms with Crippen LogP contribution in [-0.2, 0) is 4.79 Å².